The van der Waals surface area contributed by atoms with Crippen LogP contribution >= 0.6 is 0 Å². The Labute approximate surface area is 127 Å². The summed E-state index contributed by atoms with van der Waals surface area (Å²) in [6.45, 7) is 3.05. The number of ether oxygens (including phenoxy) is 1. The van der Waals surface area contributed by atoms with E-state index in [0.717, 1.165) is 18.6 Å². The second-order valence-electron chi connectivity index (χ2n) is 5.75. The minimum atomic E-state index is -0.0746. The fraction of sp³-hybridized carbons (Fsp3) is 0.588. The van der Waals surface area contributed by atoms with Crippen LogP contribution in [0.15, 0.2) is 24.3 Å². The molecule has 0 unspecified atom stereocenters. The smallest absolute Gasteiger partial charge is 0.315 e. The zero-order valence-corrected chi connectivity index (χ0v) is 12.9. The summed E-state index contributed by atoms with van der Waals surface area (Å²) >= 11 is 0. The predicted octanol–water partition coefficient (Wildman–Crippen LogP) is 3.40. The Kier molecular flexibility index (Phi) is 6.38. The maximum atomic E-state index is 11.8. The average Bonchev–Trinajstić information content (AvgIpc) is 2.74. The molecule has 0 radical (unpaired) electrons. The predicted molar refractivity (Wildman–Crippen MR) is 84.7 cm³/mol. The first-order chi connectivity index (χ1) is 10.2. The molecular formula is C17H26N2O2. The first-order valence-electron chi connectivity index (χ1n) is 7.98. The molecule has 116 valence electrons. The number of hydrogen-bond donors (Lipinski definition) is 2. The summed E-state index contributed by atoms with van der Waals surface area (Å²) in [6, 6.07) is 8.19. The van der Waals surface area contributed by atoms with Crippen molar-refractivity contribution in [2.24, 2.45) is 0 Å². The second-order valence-corrected chi connectivity index (χ2v) is 5.75. The maximum Gasteiger partial charge on any atom is 0.315 e. The molecule has 2 rings (SSSR count). The van der Waals surface area contributed by atoms with Crippen LogP contribution in [0.1, 0.15) is 44.1 Å². The Morgan fingerprint density at radius 2 is 1.81 bits per heavy atom. The Hall–Kier alpha value is -1.71. The zero-order valence-electron chi connectivity index (χ0n) is 12.9. The lowest BCUT2D eigenvalue weighted by molar-refractivity contribution is 0.231. The molecule has 4 heteroatoms. The lowest BCUT2D eigenvalue weighted by Crippen LogP contribution is -2.43. The number of nitrogens with one attached hydrogen (secondary N) is 2. The molecule has 1 aliphatic rings. The Morgan fingerprint density at radius 1 is 1.14 bits per heavy atom. The van der Waals surface area contributed by atoms with Crippen LogP contribution in [0.2, 0.25) is 0 Å². The number of carbonyl (C=O) groups excluding carboxylic acids is 1. The molecule has 0 spiro atoms. The van der Waals surface area contributed by atoms with E-state index < -0.39 is 0 Å². The van der Waals surface area contributed by atoms with Crippen molar-refractivity contribution in [1.82, 2.24) is 10.6 Å². The quantitative estimate of drug-likeness (QED) is 0.645. The van der Waals surface area contributed by atoms with E-state index >= 15 is 0 Å². The molecule has 1 aromatic rings. The van der Waals surface area contributed by atoms with E-state index in [9.17, 15) is 4.79 Å². The van der Waals surface area contributed by atoms with Gasteiger partial charge in [0.1, 0.15) is 12.4 Å². The number of carbonyl (C=O) groups is 1. The minimum absolute atomic E-state index is 0.0746. The van der Waals surface area contributed by atoms with E-state index in [-0.39, 0.29) is 6.03 Å². The number of urea groups is 1. The van der Waals surface area contributed by atoms with Gasteiger partial charge in [0.2, 0.25) is 0 Å². The van der Waals surface area contributed by atoms with Crippen molar-refractivity contribution in [3.8, 4) is 5.75 Å². The van der Waals surface area contributed by atoms with Gasteiger partial charge >= 0.3 is 6.03 Å². The van der Waals surface area contributed by atoms with Crippen LogP contribution < -0.4 is 15.4 Å². The topological polar surface area (TPSA) is 50.4 Å². The summed E-state index contributed by atoms with van der Waals surface area (Å²) in [6.07, 6.45) is 7.25. The average molecular weight is 290 g/mol. The zero-order chi connectivity index (χ0) is 14.9. The van der Waals surface area contributed by atoms with Gasteiger partial charge in [0.15, 0.2) is 0 Å². The van der Waals surface area contributed by atoms with Gasteiger partial charge in [-0.25, -0.2) is 4.79 Å². The summed E-state index contributed by atoms with van der Waals surface area (Å²) in [7, 11) is 0. The normalized spacial score (nSPS) is 16.0. The highest BCUT2D eigenvalue weighted by atomic mass is 16.5. The highest BCUT2D eigenvalue weighted by Gasteiger charge is 2.14. The summed E-state index contributed by atoms with van der Waals surface area (Å²) in [5.74, 6) is 0.839. The van der Waals surface area contributed by atoms with Gasteiger partial charge in [-0.15, -0.1) is 0 Å². The van der Waals surface area contributed by atoms with Crippen molar-refractivity contribution < 1.29 is 9.53 Å². The Morgan fingerprint density at radius 3 is 2.48 bits per heavy atom. The second kappa shape index (κ2) is 8.55. The first kappa shape index (κ1) is 15.7. The van der Waals surface area contributed by atoms with E-state index in [4.69, 9.17) is 4.74 Å². The standard InChI is InChI=1S/C17H26N2O2/c1-14-8-10-16(11-9-14)21-13-12-18-17(20)19-15-6-4-2-3-5-7-15/h8-11,15H,2-7,12-13H2,1H3,(H2,18,19,20). The molecule has 0 atom stereocenters. The molecular weight excluding hydrogens is 264 g/mol. The van der Waals surface area contributed by atoms with E-state index in [1.165, 1.54) is 31.2 Å². The van der Waals surface area contributed by atoms with Crippen LogP contribution in [0.3, 0.4) is 0 Å². The maximum absolute atomic E-state index is 11.8. The van der Waals surface area contributed by atoms with E-state index in [1.807, 2.05) is 31.2 Å². The van der Waals surface area contributed by atoms with Crippen molar-refractivity contribution in [2.75, 3.05) is 13.2 Å². The van der Waals surface area contributed by atoms with Gasteiger partial charge in [0.25, 0.3) is 0 Å². The largest absolute Gasteiger partial charge is 0.492 e. The third-order valence-corrected chi connectivity index (χ3v) is 3.87. The van der Waals surface area contributed by atoms with Gasteiger partial charge in [0.05, 0.1) is 6.54 Å². The van der Waals surface area contributed by atoms with Crippen LogP contribution in [0.4, 0.5) is 4.79 Å². The highest BCUT2D eigenvalue weighted by Crippen LogP contribution is 2.17. The number of aryl methyl sites for hydroxylation is 1. The molecule has 4 nitrogen and oxygen atoms in total. The lowest BCUT2D eigenvalue weighted by atomic mass is 10.1. The van der Waals surface area contributed by atoms with Crippen LogP contribution in [0, 0.1) is 6.92 Å². The monoisotopic (exact) mass is 290 g/mol. The molecule has 0 heterocycles. The first-order valence-corrected chi connectivity index (χ1v) is 7.98. The lowest BCUT2D eigenvalue weighted by Gasteiger charge is -2.16. The van der Waals surface area contributed by atoms with Crippen molar-refractivity contribution in [3.63, 3.8) is 0 Å². The van der Waals surface area contributed by atoms with Gasteiger partial charge in [-0.3, -0.25) is 0 Å². The van der Waals surface area contributed by atoms with Crippen LogP contribution in [0.5, 0.6) is 5.75 Å². The molecule has 2 N–H and O–H groups in total. The molecule has 0 aliphatic heterocycles. The molecule has 21 heavy (non-hydrogen) atoms. The van der Waals surface area contributed by atoms with Crippen molar-refractivity contribution in [3.05, 3.63) is 29.8 Å². The van der Waals surface area contributed by atoms with Crippen LogP contribution in [-0.4, -0.2) is 25.2 Å². The summed E-state index contributed by atoms with van der Waals surface area (Å²) in [5, 5.41) is 5.92. The van der Waals surface area contributed by atoms with E-state index in [2.05, 4.69) is 10.6 Å². The molecule has 1 aliphatic carbocycles. The molecule has 0 bridgehead atoms. The molecule has 0 aromatic heterocycles. The van der Waals surface area contributed by atoms with Crippen LogP contribution in [-0.2, 0) is 0 Å². The van der Waals surface area contributed by atoms with E-state index in [0.29, 0.717) is 19.2 Å². The minimum Gasteiger partial charge on any atom is -0.492 e. The van der Waals surface area contributed by atoms with Gasteiger partial charge < -0.3 is 15.4 Å². The third-order valence-electron chi connectivity index (χ3n) is 3.87. The highest BCUT2D eigenvalue weighted by molar-refractivity contribution is 5.74. The van der Waals surface area contributed by atoms with Crippen molar-refractivity contribution in [2.45, 2.75) is 51.5 Å². The molecule has 2 amide bonds. The number of hydrogen-bond acceptors (Lipinski definition) is 2. The summed E-state index contributed by atoms with van der Waals surface area (Å²) < 4.78 is 5.58. The van der Waals surface area contributed by atoms with E-state index in [1.54, 1.807) is 0 Å². The van der Waals surface area contributed by atoms with Crippen molar-refractivity contribution in [1.29, 1.82) is 0 Å². The summed E-state index contributed by atoms with van der Waals surface area (Å²) in [4.78, 5) is 11.8. The number of amides is 2. The van der Waals surface area contributed by atoms with Gasteiger partial charge in [-0.05, 0) is 31.9 Å². The summed E-state index contributed by atoms with van der Waals surface area (Å²) in [5.41, 5.74) is 1.21. The molecule has 1 fully saturated rings. The molecule has 0 saturated heterocycles. The number of benzene rings is 1. The van der Waals surface area contributed by atoms with Gasteiger partial charge in [0, 0.05) is 6.04 Å². The molecule has 1 aromatic carbocycles. The fourth-order valence-electron chi connectivity index (χ4n) is 2.63. The van der Waals surface area contributed by atoms with Gasteiger partial charge in [-0.2, -0.15) is 0 Å². The van der Waals surface area contributed by atoms with Gasteiger partial charge in [-0.1, -0.05) is 43.4 Å². The SMILES string of the molecule is Cc1ccc(OCCNC(=O)NC2CCCCCC2)cc1. The Balaban J connectivity index is 1.59. The number of rotatable bonds is 5. The third kappa shape index (κ3) is 6.06. The molecule has 1 saturated carbocycles. The fourth-order valence-corrected chi connectivity index (χ4v) is 2.63. The van der Waals surface area contributed by atoms with Crippen molar-refractivity contribution >= 4 is 6.03 Å². The van der Waals surface area contributed by atoms with Crippen LogP contribution in [0.25, 0.3) is 0 Å². The Bertz CT molecular complexity index is 423.